The molecule has 0 radical (unpaired) electrons. The fourth-order valence-electron chi connectivity index (χ4n) is 1.82. The van der Waals surface area contributed by atoms with Crippen molar-refractivity contribution in [2.24, 2.45) is 5.73 Å². The fourth-order valence-corrected chi connectivity index (χ4v) is 1.99. The zero-order valence-corrected chi connectivity index (χ0v) is 11.9. The van der Waals surface area contributed by atoms with Crippen molar-refractivity contribution in [1.82, 2.24) is 4.98 Å². The lowest BCUT2D eigenvalue weighted by molar-refractivity contribution is 1.08. The van der Waals surface area contributed by atoms with Crippen molar-refractivity contribution in [3.05, 3.63) is 58.9 Å². The Kier molecular flexibility index (Phi) is 4.12. The fraction of sp³-hybridized carbons (Fsp3) is 0.200. The van der Waals surface area contributed by atoms with Gasteiger partial charge in [-0.3, -0.25) is 4.98 Å². The lowest BCUT2D eigenvalue weighted by Gasteiger charge is -2.12. The number of aryl methyl sites for hydroxylation is 2. The van der Waals surface area contributed by atoms with Crippen LogP contribution in [0.2, 0.25) is 0 Å². The summed E-state index contributed by atoms with van der Waals surface area (Å²) in [6.45, 7) is 4.70. The molecule has 2 rings (SSSR count). The standard InChI is InChI=1S/C15H17N3S/c1-10-3-6-14(13(7-10)15(16)19)18-9-12-5-4-11(2)17-8-12/h3-8,18H,9H2,1-2H3,(H2,16,19). The van der Waals surface area contributed by atoms with Gasteiger partial charge in [-0.2, -0.15) is 0 Å². The summed E-state index contributed by atoms with van der Waals surface area (Å²) in [5, 5.41) is 3.35. The summed E-state index contributed by atoms with van der Waals surface area (Å²) in [5.74, 6) is 0. The first-order valence-corrected chi connectivity index (χ1v) is 6.53. The van der Waals surface area contributed by atoms with Gasteiger partial charge in [-0.15, -0.1) is 0 Å². The molecule has 0 unspecified atom stereocenters. The van der Waals surface area contributed by atoms with Crippen molar-refractivity contribution >= 4 is 22.9 Å². The molecule has 3 N–H and O–H groups in total. The monoisotopic (exact) mass is 271 g/mol. The molecule has 0 saturated carbocycles. The van der Waals surface area contributed by atoms with E-state index < -0.39 is 0 Å². The van der Waals surface area contributed by atoms with Crippen LogP contribution in [0.25, 0.3) is 0 Å². The third-order valence-electron chi connectivity index (χ3n) is 2.90. The summed E-state index contributed by atoms with van der Waals surface area (Å²) >= 11 is 5.08. The molecule has 3 nitrogen and oxygen atoms in total. The van der Waals surface area contributed by atoms with Crippen molar-refractivity contribution in [3.8, 4) is 0 Å². The Morgan fingerprint density at radius 1 is 1.26 bits per heavy atom. The van der Waals surface area contributed by atoms with E-state index in [4.69, 9.17) is 18.0 Å². The van der Waals surface area contributed by atoms with Crippen LogP contribution in [0.15, 0.2) is 36.5 Å². The average Bonchev–Trinajstić information content (AvgIpc) is 2.39. The highest BCUT2D eigenvalue weighted by Crippen LogP contribution is 2.18. The molecular weight excluding hydrogens is 254 g/mol. The molecule has 0 bridgehead atoms. The number of nitrogens with one attached hydrogen (secondary N) is 1. The number of aromatic nitrogens is 1. The van der Waals surface area contributed by atoms with Crippen LogP contribution in [-0.2, 0) is 6.54 Å². The largest absolute Gasteiger partial charge is 0.389 e. The topological polar surface area (TPSA) is 50.9 Å². The lowest BCUT2D eigenvalue weighted by atomic mass is 10.1. The van der Waals surface area contributed by atoms with E-state index in [9.17, 15) is 0 Å². The molecular formula is C15H17N3S. The van der Waals surface area contributed by atoms with E-state index in [2.05, 4.69) is 16.4 Å². The van der Waals surface area contributed by atoms with E-state index in [0.29, 0.717) is 11.5 Å². The van der Waals surface area contributed by atoms with E-state index >= 15 is 0 Å². The van der Waals surface area contributed by atoms with E-state index in [1.165, 1.54) is 0 Å². The highest BCUT2D eigenvalue weighted by atomic mass is 32.1. The van der Waals surface area contributed by atoms with Gasteiger partial charge in [0.15, 0.2) is 0 Å². The third kappa shape index (κ3) is 3.51. The molecule has 1 heterocycles. The van der Waals surface area contributed by atoms with Crippen LogP contribution in [0.4, 0.5) is 5.69 Å². The normalized spacial score (nSPS) is 10.2. The number of nitrogens with zero attached hydrogens (tertiary/aromatic N) is 1. The van der Waals surface area contributed by atoms with Crippen molar-refractivity contribution in [2.75, 3.05) is 5.32 Å². The van der Waals surface area contributed by atoms with Gasteiger partial charge >= 0.3 is 0 Å². The molecule has 0 aliphatic carbocycles. The molecule has 0 fully saturated rings. The number of thiocarbonyl (C=S) groups is 1. The summed E-state index contributed by atoms with van der Waals surface area (Å²) in [6.07, 6.45) is 1.87. The van der Waals surface area contributed by atoms with E-state index in [0.717, 1.165) is 28.1 Å². The van der Waals surface area contributed by atoms with Crippen LogP contribution < -0.4 is 11.1 Å². The SMILES string of the molecule is Cc1ccc(NCc2ccc(C)nc2)c(C(N)=S)c1. The number of rotatable bonds is 4. The Labute approximate surface area is 118 Å². The van der Waals surface area contributed by atoms with Crippen molar-refractivity contribution < 1.29 is 0 Å². The molecule has 0 aliphatic rings. The predicted octanol–water partition coefficient (Wildman–Crippen LogP) is 2.94. The van der Waals surface area contributed by atoms with E-state index in [-0.39, 0.29) is 0 Å². The zero-order chi connectivity index (χ0) is 13.8. The maximum absolute atomic E-state index is 5.75. The number of anilines is 1. The van der Waals surface area contributed by atoms with Crippen molar-refractivity contribution in [3.63, 3.8) is 0 Å². The number of hydrogen-bond acceptors (Lipinski definition) is 3. The van der Waals surface area contributed by atoms with E-state index in [1.807, 2.05) is 44.3 Å². The molecule has 1 aromatic heterocycles. The molecule has 0 atom stereocenters. The lowest BCUT2D eigenvalue weighted by Crippen LogP contribution is -2.13. The highest BCUT2D eigenvalue weighted by Gasteiger charge is 2.05. The van der Waals surface area contributed by atoms with Crippen molar-refractivity contribution in [2.45, 2.75) is 20.4 Å². The van der Waals surface area contributed by atoms with Gasteiger partial charge in [0.05, 0.1) is 0 Å². The number of benzene rings is 1. The minimum Gasteiger partial charge on any atom is -0.389 e. The van der Waals surface area contributed by atoms with Gasteiger partial charge in [-0.25, -0.2) is 0 Å². The summed E-state index contributed by atoms with van der Waals surface area (Å²) in [4.78, 5) is 4.68. The number of pyridine rings is 1. The van der Waals surface area contributed by atoms with Gasteiger partial charge < -0.3 is 11.1 Å². The molecule has 98 valence electrons. The molecule has 1 aromatic carbocycles. The maximum atomic E-state index is 5.75. The first kappa shape index (κ1) is 13.5. The molecule has 0 amide bonds. The van der Waals surface area contributed by atoms with Gasteiger partial charge in [-0.05, 0) is 37.6 Å². The minimum atomic E-state index is 0.410. The maximum Gasteiger partial charge on any atom is 0.106 e. The van der Waals surface area contributed by atoms with Gasteiger partial charge in [0.2, 0.25) is 0 Å². The summed E-state index contributed by atoms with van der Waals surface area (Å²) in [6, 6.07) is 10.1. The van der Waals surface area contributed by atoms with Gasteiger partial charge in [0, 0.05) is 29.7 Å². The second kappa shape index (κ2) is 5.80. The Balaban J connectivity index is 2.15. The second-order valence-electron chi connectivity index (χ2n) is 4.57. The first-order chi connectivity index (χ1) is 9.06. The Morgan fingerprint density at radius 2 is 2.05 bits per heavy atom. The molecule has 0 saturated heterocycles. The molecule has 0 spiro atoms. The van der Waals surface area contributed by atoms with Crippen LogP contribution in [0, 0.1) is 13.8 Å². The number of nitrogens with two attached hydrogens (primary N) is 1. The van der Waals surface area contributed by atoms with Gasteiger partial charge in [-0.1, -0.05) is 29.9 Å². The molecule has 2 aromatic rings. The Morgan fingerprint density at radius 3 is 2.68 bits per heavy atom. The van der Waals surface area contributed by atoms with Crippen LogP contribution in [0.1, 0.15) is 22.4 Å². The minimum absolute atomic E-state index is 0.410. The average molecular weight is 271 g/mol. The predicted molar refractivity (Wildman–Crippen MR) is 83.4 cm³/mol. The first-order valence-electron chi connectivity index (χ1n) is 6.12. The van der Waals surface area contributed by atoms with E-state index in [1.54, 1.807) is 0 Å². The Bertz CT molecular complexity index is 591. The second-order valence-corrected chi connectivity index (χ2v) is 5.01. The molecule has 4 heteroatoms. The van der Waals surface area contributed by atoms with Crippen LogP contribution in [0.5, 0.6) is 0 Å². The van der Waals surface area contributed by atoms with Gasteiger partial charge in [0.25, 0.3) is 0 Å². The van der Waals surface area contributed by atoms with Gasteiger partial charge in [0.1, 0.15) is 4.99 Å². The molecule has 0 aliphatic heterocycles. The van der Waals surface area contributed by atoms with Crippen LogP contribution in [-0.4, -0.2) is 9.97 Å². The summed E-state index contributed by atoms with van der Waals surface area (Å²) in [7, 11) is 0. The third-order valence-corrected chi connectivity index (χ3v) is 3.12. The quantitative estimate of drug-likeness (QED) is 0.839. The highest BCUT2D eigenvalue weighted by molar-refractivity contribution is 7.80. The number of hydrogen-bond donors (Lipinski definition) is 2. The van der Waals surface area contributed by atoms with Crippen LogP contribution >= 0.6 is 12.2 Å². The smallest absolute Gasteiger partial charge is 0.106 e. The van der Waals surface area contributed by atoms with Crippen LogP contribution in [0.3, 0.4) is 0 Å². The van der Waals surface area contributed by atoms with Crippen molar-refractivity contribution in [1.29, 1.82) is 0 Å². The molecule has 19 heavy (non-hydrogen) atoms. The summed E-state index contributed by atoms with van der Waals surface area (Å²) in [5.41, 5.74) is 10.9. The zero-order valence-electron chi connectivity index (χ0n) is 11.1. The Hall–Kier alpha value is -1.94. The summed E-state index contributed by atoms with van der Waals surface area (Å²) < 4.78 is 0.